The van der Waals surface area contributed by atoms with Gasteiger partial charge in [-0.15, -0.1) is 0 Å². The second-order valence-electron chi connectivity index (χ2n) is 5.90. The third-order valence-corrected chi connectivity index (χ3v) is 4.37. The summed E-state index contributed by atoms with van der Waals surface area (Å²) in [5.41, 5.74) is 0. The maximum Gasteiger partial charge on any atom is 0.148 e. The second-order valence-corrected chi connectivity index (χ2v) is 6.31. The van der Waals surface area contributed by atoms with Gasteiger partial charge < -0.3 is 10.2 Å². The van der Waals surface area contributed by atoms with Crippen LogP contribution < -0.4 is 5.32 Å². The van der Waals surface area contributed by atoms with Crippen LogP contribution in [0.4, 0.5) is 5.82 Å². The molecule has 0 radical (unpaired) electrons. The van der Waals surface area contributed by atoms with Crippen molar-refractivity contribution in [1.82, 2.24) is 14.9 Å². The van der Waals surface area contributed by atoms with E-state index in [0.717, 1.165) is 24.1 Å². The molecule has 0 amide bonds. The molecule has 1 N–H and O–H groups in total. The highest BCUT2D eigenvalue weighted by atomic mass is 35.5. The van der Waals surface area contributed by atoms with Crippen molar-refractivity contribution in [1.29, 1.82) is 0 Å². The molecule has 1 aliphatic rings. The molecule has 0 unspecified atom stereocenters. The van der Waals surface area contributed by atoms with E-state index < -0.39 is 0 Å². The van der Waals surface area contributed by atoms with Crippen molar-refractivity contribution in [2.75, 3.05) is 25.0 Å². The summed E-state index contributed by atoms with van der Waals surface area (Å²) in [5.74, 6) is 2.33. The molecule has 0 spiro atoms. The summed E-state index contributed by atoms with van der Waals surface area (Å²) in [7, 11) is 0. The molecule has 1 aromatic rings. The number of nitrogens with zero attached hydrogens (tertiary/aromatic N) is 3. The molecule has 2 rings (SSSR count). The molecule has 4 nitrogen and oxygen atoms in total. The molecule has 2 heterocycles. The Morgan fingerprint density at radius 1 is 1.40 bits per heavy atom. The van der Waals surface area contributed by atoms with Gasteiger partial charge in [0.05, 0.1) is 6.20 Å². The van der Waals surface area contributed by atoms with Gasteiger partial charge >= 0.3 is 0 Å². The molecule has 0 saturated carbocycles. The van der Waals surface area contributed by atoms with Gasteiger partial charge in [0.2, 0.25) is 0 Å². The van der Waals surface area contributed by atoms with Crippen LogP contribution in [0.3, 0.4) is 0 Å². The minimum absolute atomic E-state index is 0.602. The number of hydrogen-bond acceptors (Lipinski definition) is 4. The lowest BCUT2D eigenvalue weighted by Gasteiger charge is -2.34. The first-order valence-corrected chi connectivity index (χ1v) is 7.91. The largest absolute Gasteiger partial charge is 0.369 e. The van der Waals surface area contributed by atoms with E-state index in [0.29, 0.717) is 11.1 Å². The average Bonchev–Trinajstić information content (AvgIpc) is 2.43. The van der Waals surface area contributed by atoms with Crippen molar-refractivity contribution >= 4 is 17.4 Å². The van der Waals surface area contributed by atoms with Gasteiger partial charge in [0.15, 0.2) is 0 Å². The Kier molecular flexibility index (Phi) is 5.61. The van der Waals surface area contributed by atoms with Crippen LogP contribution in [0.25, 0.3) is 0 Å². The highest BCUT2D eigenvalue weighted by Crippen LogP contribution is 2.23. The van der Waals surface area contributed by atoms with Crippen LogP contribution in [-0.4, -0.2) is 40.5 Å². The van der Waals surface area contributed by atoms with Crippen molar-refractivity contribution < 1.29 is 0 Å². The molecule has 1 aliphatic heterocycles. The molecule has 0 aliphatic carbocycles. The topological polar surface area (TPSA) is 41.1 Å². The Labute approximate surface area is 126 Å². The Balaban J connectivity index is 1.73. The first-order valence-electron chi connectivity index (χ1n) is 7.53. The first-order chi connectivity index (χ1) is 9.56. The monoisotopic (exact) mass is 296 g/mol. The van der Waals surface area contributed by atoms with Gasteiger partial charge in [0.25, 0.3) is 0 Å². The number of aryl methyl sites for hydroxylation is 1. The van der Waals surface area contributed by atoms with Crippen molar-refractivity contribution in [2.24, 2.45) is 5.92 Å². The summed E-state index contributed by atoms with van der Waals surface area (Å²) in [5, 5.41) is 3.94. The van der Waals surface area contributed by atoms with Crippen LogP contribution >= 0.6 is 11.6 Å². The molecule has 0 aromatic carbocycles. The fraction of sp³-hybridized carbons (Fsp3) is 0.733. The summed E-state index contributed by atoms with van der Waals surface area (Å²) < 4.78 is 0. The highest BCUT2D eigenvalue weighted by Gasteiger charge is 2.20. The van der Waals surface area contributed by atoms with Gasteiger partial charge in [0.1, 0.15) is 16.7 Å². The molecule has 1 fully saturated rings. The van der Waals surface area contributed by atoms with Gasteiger partial charge in [-0.1, -0.05) is 11.6 Å². The maximum absolute atomic E-state index is 6.08. The van der Waals surface area contributed by atoms with Crippen molar-refractivity contribution in [2.45, 2.75) is 46.1 Å². The fourth-order valence-electron chi connectivity index (χ4n) is 2.73. The van der Waals surface area contributed by atoms with Crippen LogP contribution in [-0.2, 0) is 0 Å². The van der Waals surface area contributed by atoms with Crippen LogP contribution in [0.15, 0.2) is 6.20 Å². The predicted molar refractivity (Wildman–Crippen MR) is 84.3 cm³/mol. The molecular formula is C15H25ClN4. The third kappa shape index (κ3) is 4.32. The Hall–Kier alpha value is -0.870. The van der Waals surface area contributed by atoms with Crippen LogP contribution in [0, 0.1) is 12.8 Å². The molecule has 1 aromatic heterocycles. The van der Waals surface area contributed by atoms with Crippen molar-refractivity contribution in [3.8, 4) is 0 Å². The van der Waals surface area contributed by atoms with E-state index in [9.17, 15) is 0 Å². The van der Waals surface area contributed by atoms with E-state index in [2.05, 4.69) is 34.0 Å². The molecule has 112 valence electrons. The zero-order valence-electron chi connectivity index (χ0n) is 12.7. The normalized spacial score (nSPS) is 17.6. The summed E-state index contributed by atoms with van der Waals surface area (Å²) >= 11 is 6.08. The average molecular weight is 297 g/mol. The number of nitrogens with one attached hydrogen (secondary N) is 1. The lowest BCUT2D eigenvalue weighted by Crippen LogP contribution is -2.38. The summed E-state index contributed by atoms with van der Waals surface area (Å²) in [6, 6.07) is 0.678. The smallest absolute Gasteiger partial charge is 0.148 e. The molecule has 1 saturated heterocycles. The van der Waals surface area contributed by atoms with Gasteiger partial charge in [-0.05, 0) is 59.0 Å². The quantitative estimate of drug-likeness (QED) is 0.904. The molecule has 20 heavy (non-hydrogen) atoms. The lowest BCUT2D eigenvalue weighted by molar-refractivity contribution is 0.147. The number of halogens is 1. The Morgan fingerprint density at radius 3 is 2.75 bits per heavy atom. The van der Waals surface area contributed by atoms with Gasteiger partial charge in [0, 0.05) is 12.6 Å². The number of likely N-dealkylation sites (tertiary alicyclic amines) is 1. The maximum atomic E-state index is 6.08. The minimum Gasteiger partial charge on any atom is -0.369 e. The molecular weight excluding hydrogens is 272 g/mol. The summed E-state index contributed by atoms with van der Waals surface area (Å²) in [6.45, 7) is 9.83. The van der Waals surface area contributed by atoms with Gasteiger partial charge in [-0.2, -0.15) is 0 Å². The standard InChI is InChI=1S/C15H25ClN4/c1-11(2)20-8-5-13(6-9-20)4-7-17-15-14(16)10-18-12(3)19-15/h10-11,13H,4-9H2,1-3H3,(H,17,18,19). The summed E-state index contributed by atoms with van der Waals surface area (Å²) in [4.78, 5) is 11.0. The van der Waals surface area contributed by atoms with E-state index in [4.69, 9.17) is 11.6 Å². The highest BCUT2D eigenvalue weighted by molar-refractivity contribution is 6.32. The SMILES string of the molecule is Cc1ncc(Cl)c(NCCC2CCN(C(C)C)CC2)n1. The zero-order chi connectivity index (χ0) is 14.5. The van der Waals surface area contributed by atoms with Crippen LogP contribution in [0.5, 0.6) is 0 Å². The fourth-order valence-corrected chi connectivity index (χ4v) is 2.89. The zero-order valence-corrected chi connectivity index (χ0v) is 13.5. The Bertz CT molecular complexity index is 428. The van der Waals surface area contributed by atoms with Crippen LogP contribution in [0.2, 0.25) is 5.02 Å². The number of rotatable bonds is 5. The molecule has 0 atom stereocenters. The second kappa shape index (κ2) is 7.23. The number of piperidine rings is 1. The Morgan fingerprint density at radius 2 is 2.10 bits per heavy atom. The summed E-state index contributed by atoms with van der Waals surface area (Å²) in [6.07, 6.45) is 5.45. The molecule has 5 heteroatoms. The van der Waals surface area contributed by atoms with E-state index in [1.807, 2.05) is 6.92 Å². The first kappa shape index (κ1) is 15.5. The van der Waals surface area contributed by atoms with E-state index in [-0.39, 0.29) is 0 Å². The number of hydrogen-bond donors (Lipinski definition) is 1. The van der Waals surface area contributed by atoms with E-state index >= 15 is 0 Å². The van der Waals surface area contributed by atoms with E-state index in [1.54, 1.807) is 6.20 Å². The predicted octanol–water partition coefficient (Wildman–Crippen LogP) is 3.36. The van der Waals surface area contributed by atoms with Gasteiger partial charge in [-0.25, -0.2) is 9.97 Å². The number of anilines is 1. The van der Waals surface area contributed by atoms with Crippen molar-refractivity contribution in [3.05, 3.63) is 17.0 Å². The van der Waals surface area contributed by atoms with Crippen LogP contribution in [0.1, 0.15) is 38.9 Å². The molecule has 0 bridgehead atoms. The van der Waals surface area contributed by atoms with Crippen molar-refractivity contribution in [3.63, 3.8) is 0 Å². The number of aromatic nitrogens is 2. The lowest BCUT2D eigenvalue weighted by atomic mass is 9.93. The third-order valence-electron chi connectivity index (χ3n) is 4.09. The van der Waals surface area contributed by atoms with Gasteiger partial charge in [-0.3, -0.25) is 0 Å². The van der Waals surface area contributed by atoms with E-state index in [1.165, 1.54) is 32.4 Å². The minimum atomic E-state index is 0.602.